The van der Waals surface area contributed by atoms with Crippen LogP contribution in [0.15, 0.2) is 0 Å². The maximum absolute atomic E-state index is 14.0. The fraction of sp³-hybridized carbons (Fsp3) is 1.00. The van der Waals surface area contributed by atoms with Crippen molar-refractivity contribution in [2.75, 3.05) is 26.4 Å². The van der Waals surface area contributed by atoms with Gasteiger partial charge in [0.15, 0.2) is 0 Å². The summed E-state index contributed by atoms with van der Waals surface area (Å²) in [6.07, 6.45) is -29.7. The molecule has 0 radical (unpaired) electrons. The molecule has 0 atom stereocenters. The van der Waals surface area contributed by atoms with Gasteiger partial charge in [0.25, 0.3) is 0 Å². The summed E-state index contributed by atoms with van der Waals surface area (Å²) in [4.78, 5) is 0. The number of halogens is 28. The molecule has 0 aliphatic rings. The second-order valence-corrected chi connectivity index (χ2v) is 20.5. The topological polar surface area (TPSA) is 36.9 Å². The Morgan fingerprint density at radius 1 is 0.269 bits per heavy atom. The zero-order chi connectivity index (χ0) is 42.7. The van der Waals surface area contributed by atoms with Crippen LogP contribution in [0, 0.1) is 0 Å². The second kappa shape index (κ2) is 14.1. The third-order valence-electron chi connectivity index (χ3n) is 6.20. The highest BCUT2D eigenvalue weighted by Gasteiger charge is 2.78. The standard InChI is InChI=1S/C18H14F28O4Si2/c1-51(47-3-7(19,20)11(27,28)15(35,36)37,48-4-8(21,22)12(29,30)16(38,39)40)52(2,49-5-9(23,24)13(31,32)17(41,42)43)50-6-10(25,26)14(33,34)18(44,45)46/h3-6H2,1-2H3. The van der Waals surface area contributed by atoms with E-state index in [2.05, 4.69) is 17.7 Å². The summed E-state index contributed by atoms with van der Waals surface area (Å²) in [7, 11) is -14.6. The van der Waals surface area contributed by atoms with Gasteiger partial charge in [0, 0.05) is 0 Å². The van der Waals surface area contributed by atoms with Gasteiger partial charge in [-0.25, -0.2) is 0 Å². The predicted molar refractivity (Wildman–Crippen MR) is 111 cm³/mol. The van der Waals surface area contributed by atoms with Crippen LogP contribution in [0.25, 0.3) is 0 Å². The first-order chi connectivity index (χ1) is 22.1. The first-order valence-corrected chi connectivity index (χ1v) is 17.6. The van der Waals surface area contributed by atoms with Gasteiger partial charge in [0.2, 0.25) is 0 Å². The van der Waals surface area contributed by atoms with E-state index < -0.39 is 128 Å². The highest BCUT2D eigenvalue weighted by molar-refractivity contribution is 7.31. The van der Waals surface area contributed by atoms with Crippen molar-refractivity contribution in [3.63, 3.8) is 0 Å². The van der Waals surface area contributed by atoms with Crippen LogP contribution >= 0.6 is 0 Å². The highest BCUT2D eigenvalue weighted by Crippen LogP contribution is 2.51. The molecule has 0 aliphatic carbocycles. The van der Waals surface area contributed by atoms with Gasteiger partial charge in [-0.2, -0.15) is 123 Å². The van der Waals surface area contributed by atoms with Crippen LogP contribution in [-0.4, -0.2) is 115 Å². The lowest BCUT2D eigenvalue weighted by Crippen LogP contribution is -2.71. The van der Waals surface area contributed by atoms with Crippen LogP contribution < -0.4 is 0 Å². The first kappa shape index (κ1) is 50.3. The number of rotatable bonds is 17. The Hall–Kier alpha value is -1.69. The van der Waals surface area contributed by atoms with Crippen molar-refractivity contribution >= 4 is 16.2 Å². The van der Waals surface area contributed by atoms with Crippen LogP contribution in [0.3, 0.4) is 0 Å². The van der Waals surface area contributed by atoms with E-state index in [9.17, 15) is 123 Å². The molecule has 0 saturated carbocycles. The van der Waals surface area contributed by atoms with Gasteiger partial charge in [-0.3, -0.25) is 0 Å². The zero-order valence-corrected chi connectivity index (χ0v) is 26.0. The first-order valence-electron chi connectivity index (χ1n) is 11.9. The molecular weight excluding hydrogens is 868 g/mol. The Kier molecular flexibility index (Phi) is 13.7. The van der Waals surface area contributed by atoms with Crippen LogP contribution in [-0.2, 0) is 17.7 Å². The number of hydrogen-bond donors (Lipinski definition) is 0. The van der Waals surface area contributed by atoms with E-state index in [0.29, 0.717) is 0 Å². The van der Waals surface area contributed by atoms with Gasteiger partial charge >= 0.3 is 88.2 Å². The van der Waals surface area contributed by atoms with E-state index in [0.717, 1.165) is 0 Å². The number of hydrogen-bond acceptors (Lipinski definition) is 4. The lowest BCUT2D eigenvalue weighted by molar-refractivity contribution is -0.362. The van der Waals surface area contributed by atoms with Gasteiger partial charge in [-0.05, 0) is 13.1 Å². The molecule has 0 fully saturated rings. The minimum Gasteiger partial charge on any atom is -0.387 e. The van der Waals surface area contributed by atoms with E-state index in [1.807, 2.05) is 0 Å². The average molecular weight is 882 g/mol. The van der Waals surface area contributed by atoms with Crippen LogP contribution in [0.1, 0.15) is 0 Å². The molecule has 4 nitrogen and oxygen atoms in total. The fourth-order valence-electron chi connectivity index (χ4n) is 2.71. The van der Waals surface area contributed by atoms with Crippen molar-refractivity contribution in [1.29, 1.82) is 0 Å². The molecule has 34 heteroatoms. The molecule has 0 aromatic heterocycles. The summed E-state index contributed by atoms with van der Waals surface area (Å²) < 4.78 is 383. The summed E-state index contributed by atoms with van der Waals surface area (Å²) in [5.41, 5.74) is 0. The van der Waals surface area contributed by atoms with Crippen molar-refractivity contribution in [3.05, 3.63) is 0 Å². The van der Waals surface area contributed by atoms with Crippen molar-refractivity contribution in [2.24, 2.45) is 0 Å². The molecule has 0 aliphatic heterocycles. The van der Waals surface area contributed by atoms with Gasteiger partial charge in [0.05, 0.1) is 0 Å². The maximum atomic E-state index is 14.0. The quantitative estimate of drug-likeness (QED) is 0.108. The van der Waals surface area contributed by atoms with Crippen molar-refractivity contribution in [2.45, 2.75) is 85.2 Å². The SMILES string of the molecule is C[Si](OCC(F)(F)C(F)(F)C(F)(F)F)(OCC(F)(F)C(F)(F)C(F)(F)F)[Si](C)(OCC(F)(F)C(F)(F)C(F)(F)F)OCC(F)(F)C(F)(F)C(F)(F)F. The maximum Gasteiger partial charge on any atom is 0.459 e. The summed E-state index contributed by atoms with van der Waals surface area (Å²) in [6, 6.07) is 0. The molecule has 0 N–H and O–H groups in total. The average Bonchev–Trinajstić information content (AvgIpc) is 2.90. The molecular formula is C18H14F28O4Si2. The smallest absolute Gasteiger partial charge is 0.387 e. The Labute approximate surface area is 269 Å². The lowest BCUT2D eigenvalue weighted by atomic mass is 10.2. The van der Waals surface area contributed by atoms with Gasteiger partial charge in [-0.15, -0.1) is 0 Å². The molecule has 0 saturated heterocycles. The molecule has 0 bridgehead atoms. The monoisotopic (exact) mass is 882 g/mol. The summed E-state index contributed by atoms with van der Waals surface area (Å²) in [5, 5.41) is 0. The molecule has 0 unspecified atom stereocenters. The fourth-order valence-corrected chi connectivity index (χ4v) is 9.77. The molecule has 314 valence electrons. The third-order valence-corrected chi connectivity index (χ3v) is 17.3. The van der Waals surface area contributed by atoms with Crippen molar-refractivity contribution in [1.82, 2.24) is 0 Å². The van der Waals surface area contributed by atoms with Crippen molar-refractivity contribution in [3.8, 4) is 0 Å². The Morgan fingerprint density at radius 2 is 0.385 bits per heavy atom. The van der Waals surface area contributed by atoms with E-state index in [1.165, 1.54) is 0 Å². The van der Waals surface area contributed by atoms with Gasteiger partial charge in [0.1, 0.15) is 26.4 Å². The molecule has 0 heterocycles. The van der Waals surface area contributed by atoms with E-state index in [4.69, 9.17) is 0 Å². The third kappa shape index (κ3) is 9.39. The van der Waals surface area contributed by atoms with Crippen LogP contribution in [0.5, 0.6) is 0 Å². The second-order valence-electron chi connectivity index (χ2n) is 10.2. The molecule has 0 aromatic rings. The lowest BCUT2D eigenvalue weighted by Gasteiger charge is -2.43. The summed E-state index contributed by atoms with van der Waals surface area (Å²) in [6.45, 7) is -17.1. The van der Waals surface area contributed by atoms with Crippen molar-refractivity contribution < 1.29 is 141 Å². The minimum absolute atomic E-state index is 0.747. The van der Waals surface area contributed by atoms with E-state index in [-0.39, 0.29) is 0 Å². The Balaban J connectivity index is 7.66. The van der Waals surface area contributed by atoms with Crippen LogP contribution in [0.2, 0.25) is 13.1 Å². The van der Waals surface area contributed by atoms with Crippen LogP contribution in [0.4, 0.5) is 123 Å². The Bertz CT molecular complexity index is 1030. The predicted octanol–water partition coefficient (Wildman–Crippen LogP) is 9.61. The van der Waals surface area contributed by atoms with E-state index >= 15 is 0 Å². The highest BCUT2D eigenvalue weighted by atomic mass is 29.3. The molecule has 0 aromatic carbocycles. The molecule has 52 heavy (non-hydrogen) atoms. The summed E-state index contributed by atoms with van der Waals surface area (Å²) in [5.74, 6) is -57.6. The normalized spacial score (nSPS) is 16.5. The number of alkyl halides is 28. The van der Waals surface area contributed by atoms with Gasteiger partial charge < -0.3 is 17.7 Å². The zero-order valence-electron chi connectivity index (χ0n) is 24.0. The van der Waals surface area contributed by atoms with E-state index in [1.54, 1.807) is 0 Å². The van der Waals surface area contributed by atoms with Gasteiger partial charge in [-0.1, -0.05) is 0 Å². The molecule has 0 rings (SSSR count). The minimum atomic E-state index is -7.45. The largest absolute Gasteiger partial charge is 0.459 e. The Morgan fingerprint density at radius 3 is 0.481 bits per heavy atom. The summed E-state index contributed by atoms with van der Waals surface area (Å²) >= 11 is 0. The molecule has 0 amide bonds. The molecule has 0 spiro atoms.